The largest absolute Gasteiger partial charge is 0.325 e. The van der Waals surface area contributed by atoms with E-state index in [1.54, 1.807) is 60.9 Å². The number of para-hydroxylation sites is 1. The zero-order chi connectivity index (χ0) is 21.8. The highest BCUT2D eigenvalue weighted by Gasteiger charge is 2.11. The molecule has 2 heterocycles. The van der Waals surface area contributed by atoms with Crippen molar-refractivity contribution in [3.63, 3.8) is 0 Å². The van der Waals surface area contributed by atoms with Gasteiger partial charge in [0.05, 0.1) is 29.1 Å². The Kier molecular flexibility index (Phi) is 5.53. The van der Waals surface area contributed by atoms with Crippen LogP contribution in [0.15, 0.2) is 78.1 Å². The zero-order valence-corrected chi connectivity index (χ0v) is 16.7. The topological polar surface area (TPSA) is 106 Å². The molecule has 0 atom stereocenters. The van der Waals surface area contributed by atoms with Crippen LogP contribution in [0.2, 0.25) is 0 Å². The van der Waals surface area contributed by atoms with Crippen molar-refractivity contribution in [3.8, 4) is 0 Å². The lowest BCUT2D eigenvalue weighted by Crippen LogP contribution is -2.28. The van der Waals surface area contributed by atoms with Crippen molar-refractivity contribution in [2.45, 2.75) is 13.5 Å². The number of anilines is 2. The minimum atomic E-state index is -0.372. The average molecular weight is 413 g/mol. The summed E-state index contributed by atoms with van der Waals surface area (Å²) in [5, 5.41) is 5.94. The molecule has 0 saturated carbocycles. The lowest BCUT2D eigenvalue weighted by molar-refractivity contribution is -0.116. The van der Waals surface area contributed by atoms with Crippen molar-refractivity contribution in [1.82, 2.24) is 14.5 Å². The maximum absolute atomic E-state index is 12.6. The fraction of sp³-hybridized carbons (Fsp3) is 0.0870. The first-order valence-corrected chi connectivity index (χ1v) is 9.57. The molecule has 2 aromatic heterocycles. The maximum atomic E-state index is 12.6. The number of pyridine rings is 1. The van der Waals surface area contributed by atoms with Crippen LogP contribution in [0.3, 0.4) is 0 Å². The van der Waals surface area contributed by atoms with E-state index < -0.39 is 0 Å². The number of fused-ring (bicyclic) bond motifs is 1. The summed E-state index contributed by atoms with van der Waals surface area (Å²) in [5.74, 6) is -0.654. The number of aromatic nitrogens is 3. The van der Waals surface area contributed by atoms with Gasteiger partial charge in [0.15, 0.2) is 0 Å². The summed E-state index contributed by atoms with van der Waals surface area (Å²) in [6.07, 6.45) is 4.55. The molecule has 8 nitrogen and oxygen atoms in total. The molecule has 154 valence electrons. The summed E-state index contributed by atoms with van der Waals surface area (Å²) in [4.78, 5) is 45.6. The predicted octanol–water partition coefficient (Wildman–Crippen LogP) is 2.99. The standard InChI is InChI=1S/C23H19N5O3/c1-15-4-2-6-19-21(15)25-14-28(23(19)31)13-20(29)26-17-9-7-16(8-10-17)22(30)27-18-5-3-11-24-12-18/h2-12,14H,13H2,1H3,(H,26,29)(H,27,30). The molecule has 2 aromatic carbocycles. The van der Waals surface area contributed by atoms with E-state index in [0.717, 1.165) is 5.56 Å². The summed E-state index contributed by atoms with van der Waals surface area (Å²) >= 11 is 0. The summed E-state index contributed by atoms with van der Waals surface area (Å²) < 4.78 is 1.27. The maximum Gasteiger partial charge on any atom is 0.261 e. The molecule has 0 aliphatic rings. The van der Waals surface area contributed by atoms with Gasteiger partial charge in [-0.05, 0) is 55.0 Å². The second-order valence-corrected chi connectivity index (χ2v) is 6.97. The average Bonchev–Trinajstić information content (AvgIpc) is 2.77. The SMILES string of the molecule is Cc1cccc2c(=O)n(CC(=O)Nc3ccc(C(=O)Nc4cccnc4)cc3)cnc12. The number of carbonyl (C=O) groups excluding carboxylic acids is 2. The van der Waals surface area contributed by atoms with Crippen molar-refractivity contribution in [3.05, 3.63) is 94.8 Å². The fourth-order valence-corrected chi connectivity index (χ4v) is 3.15. The monoisotopic (exact) mass is 413 g/mol. The molecule has 2 N–H and O–H groups in total. The molecule has 0 aliphatic heterocycles. The lowest BCUT2D eigenvalue weighted by Gasteiger charge is -2.09. The number of benzene rings is 2. The van der Waals surface area contributed by atoms with Gasteiger partial charge < -0.3 is 10.6 Å². The molecule has 4 rings (SSSR count). The molecule has 31 heavy (non-hydrogen) atoms. The van der Waals surface area contributed by atoms with Crippen molar-refractivity contribution < 1.29 is 9.59 Å². The molecule has 0 saturated heterocycles. The van der Waals surface area contributed by atoms with Gasteiger partial charge in [0.2, 0.25) is 5.91 Å². The van der Waals surface area contributed by atoms with Gasteiger partial charge in [0.1, 0.15) is 6.54 Å². The summed E-state index contributed by atoms with van der Waals surface area (Å²) in [5.41, 5.74) is 2.80. The minimum Gasteiger partial charge on any atom is -0.325 e. The molecular formula is C23H19N5O3. The number of amides is 2. The summed E-state index contributed by atoms with van der Waals surface area (Å²) in [6.45, 7) is 1.71. The van der Waals surface area contributed by atoms with Crippen LogP contribution < -0.4 is 16.2 Å². The van der Waals surface area contributed by atoms with E-state index in [9.17, 15) is 14.4 Å². The summed E-state index contributed by atoms with van der Waals surface area (Å²) in [6, 6.07) is 15.3. The Hall–Kier alpha value is -4.33. The molecule has 8 heteroatoms. The zero-order valence-electron chi connectivity index (χ0n) is 16.7. The smallest absolute Gasteiger partial charge is 0.261 e. The van der Waals surface area contributed by atoms with Gasteiger partial charge in [0, 0.05) is 17.4 Å². The Labute approximate surface area is 177 Å². The molecule has 4 aromatic rings. The van der Waals surface area contributed by atoms with Gasteiger partial charge in [-0.15, -0.1) is 0 Å². The molecule has 0 spiro atoms. The molecule has 0 fully saturated rings. The van der Waals surface area contributed by atoms with Crippen LogP contribution in [0.4, 0.5) is 11.4 Å². The number of hydrogen-bond acceptors (Lipinski definition) is 5. The number of carbonyl (C=O) groups is 2. The quantitative estimate of drug-likeness (QED) is 0.523. The Bertz CT molecular complexity index is 1310. The van der Waals surface area contributed by atoms with E-state index in [1.807, 2.05) is 13.0 Å². The first-order chi connectivity index (χ1) is 15.0. The molecule has 2 amide bonds. The van der Waals surface area contributed by atoms with Crippen LogP contribution in [0, 0.1) is 6.92 Å². The van der Waals surface area contributed by atoms with Crippen LogP contribution in [0.1, 0.15) is 15.9 Å². The van der Waals surface area contributed by atoms with E-state index in [2.05, 4.69) is 20.6 Å². The highest BCUT2D eigenvalue weighted by Crippen LogP contribution is 2.13. The number of nitrogens with one attached hydrogen (secondary N) is 2. The molecule has 0 bridgehead atoms. The van der Waals surface area contributed by atoms with Gasteiger partial charge in [-0.3, -0.25) is 23.9 Å². The second kappa shape index (κ2) is 8.58. The third-order valence-electron chi connectivity index (χ3n) is 4.72. The Morgan fingerprint density at radius 1 is 0.968 bits per heavy atom. The van der Waals surface area contributed by atoms with E-state index >= 15 is 0 Å². The Morgan fingerprint density at radius 3 is 2.52 bits per heavy atom. The van der Waals surface area contributed by atoms with Crippen LogP contribution in [0.25, 0.3) is 10.9 Å². The van der Waals surface area contributed by atoms with Gasteiger partial charge >= 0.3 is 0 Å². The normalized spacial score (nSPS) is 10.6. The van der Waals surface area contributed by atoms with E-state index in [0.29, 0.717) is 27.8 Å². The van der Waals surface area contributed by atoms with Crippen LogP contribution >= 0.6 is 0 Å². The van der Waals surface area contributed by atoms with Gasteiger partial charge in [-0.1, -0.05) is 12.1 Å². The summed E-state index contributed by atoms with van der Waals surface area (Å²) in [7, 11) is 0. The van der Waals surface area contributed by atoms with E-state index in [1.165, 1.54) is 10.9 Å². The Morgan fingerprint density at radius 2 is 1.77 bits per heavy atom. The Balaban J connectivity index is 1.42. The highest BCUT2D eigenvalue weighted by molar-refractivity contribution is 6.04. The number of aryl methyl sites for hydroxylation is 1. The third kappa shape index (κ3) is 4.48. The minimum absolute atomic E-state index is 0.168. The van der Waals surface area contributed by atoms with Crippen LogP contribution in [-0.2, 0) is 11.3 Å². The first-order valence-electron chi connectivity index (χ1n) is 9.57. The van der Waals surface area contributed by atoms with E-state index in [-0.39, 0.29) is 23.9 Å². The van der Waals surface area contributed by atoms with Crippen molar-refractivity contribution in [1.29, 1.82) is 0 Å². The van der Waals surface area contributed by atoms with Gasteiger partial charge in [-0.25, -0.2) is 4.98 Å². The van der Waals surface area contributed by atoms with Gasteiger partial charge in [0.25, 0.3) is 11.5 Å². The fourth-order valence-electron chi connectivity index (χ4n) is 3.15. The number of rotatable bonds is 5. The lowest BCUT2D eigenvalue weighted by atomic mass is 10.1. The van der Waals surface area contributed by atoms with Crippen LogP contribution in [0.5, 0.6) is 0 Å². The van der Waals surface area contributed by atoms with Crippen molar-refractivity contribution >= 4 is 34.1 Å². The third-order valence-corrected chi connectivity index (χ3v) is 4.72. The highest BCUT2D eigenvalue weighted by atomic mass is 16.2. The van der Waals surface area contributed by atoms with Crippen LogP contribution in [-0.4, -0.2) is 26.3 Å². The first kappa shape index (κ1) is 20.0. The number of nitrogens with zero attached hydrogens (tertiary/aromatic N) is 3. The molecule has 0 radical (unpaired) electrons. The van der Waals surface area contributed by atoms with Gasteiger partial charge in [-0.2, -0.15) is 0 Å². The molecular weight excluding hydrogens is 394 g/mol. The van der Waals surface area contributed by atoms with Crippen molar-refractivity contribution in [2.24, 2.45) is 0 Å². The van der Waals surface area contributed by atoms with E-state index in [4.69, 9.17) is 0 Å². The number of hydrogen-bond donors (Lipinski definition) is 2. The van der Waals surface area contributed by atoms with Crippen molar-refractivity contribution in [2.75, 3.05) is 10.6 Å². The molecule has 0 unspecified atom stereocenters. The second-order valence-electron chi connectivity index (χ2n) is 6.97. The molecule has 0 aliphatic carbocycles. The predicted molar refractivity (Wildman–Crippen MR) is 118 cm³/mol.